The van der Waals surface area contributed by atoms with Crippen molar-refractivity contribution >= 4 is 17.2 Å². The second kappa shape index (κ2) is 6.59. The van der Waals surface area contributed by atoms with Gasteiger partial charge in [-0.15, -0.1) is 11.3 Å². The number of fused-ring (bicyclic) bond motifs is 2. The fourth-order valence-electron chi connectivity index (χ4n) is 4.03. The average Bonchev–Trinajstić information content (AvgIpc) is 3.18. The van der Waals surface area contributed by atoms with Crippen LogP contribution in [0, 0.1) is 5.92 Å². The van der Waals surface area contributed by atoms with Gasteiger partial charge in [-0.1, -0.05) is 6.07 Å². The van der Waals surface area contributed by atoms with Crippen LogP contribution in [0.3, 0.4) is 0 Å². The smallest absolute Gasteiger partial charge is 0.234 e. The van der Waals surface area contributed by atoms with Crippen LogP contribution in [-0.4, -0.2) is 30.7 Å². The van der Waals surface area contributed by atoms with Gasteiger partial charge in [-0.3, -0.25) is 9.69 Å². The van der Waals surface area contributed by atoms with E-state index < -0.39 is 0 Å². The van der Waals surface area contributed by atoms with Crippen LogP contribution in [0.25, 0.3) is 0 Å². The highest BCUT2D eigenvalue weighted by Gasteiger charge is 2.40. The SMILES string of the molecule is O=C(CN1CCc2sccc2[C@@H]1C1CC1)NCc1ccc2c(c1)OCO2. The maximum absolute atomic E-state index is 12.6. The molecule has 5 rings (SSSR count). The molecular formula is C20H22N2O3S. The third kappa shape index (κ3) is 3.08. The maximum Gasteiger partial charge on any atom is 0.234 e. The number of carbonyl (C=O) groups excluding carboxylic acids is 1. The molecule has 0 radical (unpaired) electrons. The minimum atomic E-state index is 0.0898. The van der Waals surface area contributed by atoms with Crippen molar-refractivity contribution in [3.63, 3.8) is 0 Å². The molecule has 5 nitrogen and oxygen atoms in total. The lowest BCUT2D eigenvalue weighted by Crippen LogP contribution is -2.42. The minimum Gasteiger partial charge on any atom is -0.454 e. The number of amides is 1. The number of hydrogen-bond acceptors (Lipinski definition) is 5. The van der Waals surface area contributed by atoms with Gasteiger partial charge in [0.25, 0.3) is 0 Å². The molecule has 0 saturated heterocycles. The molecule has 3 aliphatic rings. The Hall–Kier alpha value is -2.05. The fourth-order valence-corrected chi connectivity index (χ4v) is 4.94. The zero-order valence-electron chi connectivity index (χ0n) is 14.6. The zero-order chi connectivity index (χ0) is 17.5. The number of rotatable bonds is 5. The van der Waals surface area contributed by atoms with Gasteiger partial charge in [0, 0.05) is 24.0 Å². The van der Waals surface area contributed by atoms with Crippen molar-refractivity contribution in [2.45, 2.75) is 31.8 Å². The van der Waals surface area contributed by atoms with Crippen LogP contribution in [0.2, 0.25) is 0 Å². The maximum atomic E-state index is 12.6. The van der Waals surface area contributed by atoms with Gasteiger partial charge in [0.1, 0.15) is 0 Å². The fraction of sp³-hybridized carbons (Fsp3) is 0.450. The minimum absolute atomic E-state index is 0.0898. The summed E-state index contributed by atoms with van der Waals surface area (Å²) in [6, 6.07) is 8.50. The number of nitrogens with zero attached hydrogens (tertiary/aromatic N) is 1. The molecule has 136 valence electrons. The van der Waals surface area contributed by atoms with Crippen molar-refractivity contribution in [3.05, 3.63) is 45.6 Å². The molecule has 1 fully saturated rings. The van der Waals surface area contributed by atoms with E-state index in [0.29, 0.717) is 19.1 Å². The van der Waals surface area contributed by atoms with E-state index in [1.54, 1.807) is 0 Å². The predicted octanol–water partition coefficient (Wildman–Crippen LogP) is 3.10. The Labute approximate surface area is 156 Å². The van der Waals surface area contributed by atoms with Gasteiger partial charge < -0.3 is 14.8 Å². The Balaban J connectivity index is 1.21. The lowest BCUT2D eigenvalue weighted by atomic mass is 9.96. The quantitative estimate of drug-likeness (QED) is 0.879. The summed E-state index contributed by atoms with van der Waals surface area (Å²) < 4.78 is 10.7. The van der Waals surface area contributed by atoms with E-state index in [0.717, 1.165) is 35.9 Å². The third-order valence-corrected chi connectivity index (χ3v) is 6.46. The van der Waals surface area contributed by atoms with E-state index in [-0.39, 0.29) is 12.7 Å². The van der Waals surface area contributed by atoms with E-state index in [1.807, 2.05) is 29.5 Å². The van der Waals surface area contributed by atoms with Gasteiger partial charge in [-0.05, 0) is 59.9 Å². The summed E-state index contributed by atoms with van der Waals surface area (Å²) in [6.07, 6.45) is 3.64. The summed E-state index contributed by atoms with van der Waals surface area (Å²) >= 11 is 1.86. The molecule has 0 unspecified atom stereocenters. The van der Waals surface area contributed by atoms with Gasteiger partial charge in [0.05, 0.1) is 6.54 Å². The van der Waals surface area contributed by atoms with Gasteiger partial charge in [-0.25, -0.2) is 0 Å². The first-order valence-corrected chi connectivity index (χ1v) is 10.1. The number of benzene rings is 1. The van der Waals surface area contributed by atoms with E-state index in [9.17, 15) is 4.79 Å². The molecule has 3 heterocycles. The van der Waals surface area contributed by atoms with Crippen molar-refractivity contribution in [1.82, 2.24) is 10.2 Å². The van der Waals surface area contributed by atoms with Crippen LogP contribution in [0.4, 0.5) is 0 Å². The summed E-state index contributed by atoms with van der Waals surface area (Å²) in [5, 5.41) is 5.26. The predicted molar refractivity (Wildman–Crippen MR) is 99.5 cm³/mol. The number of carbonyl (C=O) groups is 1. The molecule has 1 saturated carbocycles. The molecule has 6 heteroatoms. The van der Waals surface area contributed by atoms with Crippen LogP contribution in [0.15, 0.2) is 29.6 Å². The molecule has 1 aliphatic carbocycles. The van der Waals surface area contributed by atoms with Gasteiger partial charge >= 0.3 is 0 Å². The Kier molecular flexibility index (Phi) is 4.10. The Bertz CT molecular complexity index is 830. The van der Waals surface area contributed by atoms with Crippen LogP contribution in [-0.2, 0) is 17.8 Å². The van der Waals surface area contributed by atoms with Gasteiger partial charge in [0.15, 0.2) is 11.5 Å². The van der Waals surface area contributed by atoms with E-state index in [1.165, 1.54) is 23.3 Å². The van der Waals surface area contributed by atoms with Crippen LogP contribution in [0.1, 0.15) is 34.9 Å². The molecular weight excluding hydrogens is 348 g/mol. The second-order valence-electron chi connectivity index (χ2n) is 7.27. The number of thiophene rings is 1. The van der Waals surface area contributed by atoms with Crippen LogP contribution < -0.4 is 14.8 Å². The van der Waals surface area contributed by atoms with Gasteiger partial charge in [-0.2, -0.15) is 0 Å². The summed E-state index contributed by atoms with van der Waals surface area (Å²) in [6.45, 7) is 2.24. The lowest BCUT2D eigenvalue weighted by Gasteiger charge is -2.35. The number of ether oxygens (including phenoxy) is 2. The summed E-state index contributed by atoms with van der Waals surface area (Å²) in [4.78, 5) is 16.4. The van der Waals surface area contributed by atoms with Crippen molar-refractivity contribution in [3.8, 4) is 11.5 Å². The van der Waals surface area contributed by atoms with Gasteiger partial charge in [0.2, 0.25) is 12.7 Å². The van der Waals surface area contributed by atoms with Crippen molar-refractivity contribution < 1.29 is 14.3 Å². The molecule has 1 N–H and O–H groups in total. The standard InChI is InChI=1S/C20H22N2O3S/c23-19(21-10-13-1-4-16-17(9-13)25-12-24-16)11-22-7-5-18-15(6-8-26-18)20(22)14-2-3-14/h1,4,6,8-9,14,20H,2-3,5,7,10-12H2,(H,21,23)/t20-/m0/s1. The lowest BCUT2D eigenvalue weighted by molar-refractivity contribution is -0.123. The second-order valence-corrected chi connectivity index (χ2v) is 8.27. The average molecular weight is 370 g/mol. The summed E-state index contributed by atoms with van der Waals surface area (Å²) in [7, 11) is 0. The molecule has 1 aromatic heterocycles. The molecule has 2 aromatic rings. The number of hydrogen-bond donors (Lipinski definition) is 1. The zero-order valence-corrected chi connectivity index (χ0v) is 15.4. The molecule has 0 bridgehead atoms. The van der Waals surface area contributed by atoms with Crippen LogP contribution >= 0.6 is 11.3 Å². The third-order valence-electron chi connectivity index (χ3n) is 5.46. The normalized spacial score (nSPS) is 21.5. The summed E-state index contributed by atoms with van der Waals surface area (Å²) in [5.74, 6) is 2.34. The highest BCUT2D eigenvalue weighted by atomic mass is 32.1. The van der Waals surface area contributed by atoms with E-state index in [2.05, 4.69) is 21.7 Å². The van der Waals surface area contributed by atoms with E-state index >= 15 is 0 Å². The van der Waals surface area contributed by atoms with Crippen molar-refractivity contribution in [2.24, 2.45) is 5.92 Å². The monoisotopic (exact) mass is 370 g/mol. The highest BCUT2D eigenvalue weighted by molar-refractivity contribution is 7.10. The first-order chi connectivity index (χ1) is 12.8. The molecule has 1 atom stereocenters. The Morgan fingerprint density at radius 1 is 1.23 bits per heavy atom. The van der Waals surface area contributed by atoms with E-state index in [4.69, 9.17) is 9.47 Å². The Morgan fingerprint density at radius 3 is 3.00 bits per heavy atom. The molecule has 1 amide bonds. The first kappa shape index (κ1) is 16.1. The highest BCUT2D eigenvalue weighted by Crippen LogP contribution is 2.48. The Morgan fingerprint density at radius 2 is 2.12 bits per heavy atom. The summed E-state index contributed by atoms with van der Waals surface area (Å²) in [5.41, 5.74) is 2.49. The van der Waals surface area contributed by atoms with Crippen molar-refractivity contribution in [1.29, 1.82) is 0 Å². The topological polar surface area (TPSA) is 50.8 Å². The molecule has 0 spiro atoms. The van der Waals surface area contributed by atoms with Crippen LogP contribution in [0.5, 0.6) is 11.5 Å². The van der Waals surface area contributed by atoms with Crippen molar-refractivity contribution in [2.75, 3.05) is 19.9 Å². The number of nitrogens with one attached hydrogen (secondary N) is 1. The largest absolute Gasteiger partial charge is 0.454 e. The molecule has 1 aromatic carbocycles. The molecule has 26 heavy (non-hydrogen) atoms. The molecule has 2 aliphatic heterocycles. The first-order valence-electron chi connectivity index (χ1n) is 9.23.